The van der Waals surface area contributed by atoms with Crippen LogP contribution >= 0.6 is 0 Å². The number of benzene rings is 1. The van der Waals surface area contributed by atoms with Crippen molar-refractivity contribution < 1.29 is 22.7 Å². The van der Waals surface area contributed by atoms with Gasteiger partial charge >= 0.3 is 0 Å². The van der Waals surface area contributed by atoms with Crippen molar-refractivity contribution in [1.82, 2.24) is 14.7 Å². The number of amides is 1. The third-order valence-electron chi connectivity index (χ3n) is 4.88. The number of nitrogens with zero attached hydrogens (tertiary/aromatic N) is 3. The zero-order chi connectivity index (χ0) is 21.6. The van der Waals surface area contributed by atoms with E-state index < -0.39 is 10.0 Å². The van der Waals surface area contributed by atoms with Gasteiger partial charge in [-0.2, -0.15) is 9.41 Å². The molecule has 1 aliphatic rings. The summed E-state index contributed by atoms with van der Waals surface area (Å²) in [5.74, 6) is 0.268. The average Bonchev–Trinajstić information content (AvgIpc) is 2.79. The molecular weight excluding hydrogens is 408 g/mol. The number of hydrogen-bond donors (Lipinski definition) is 1. The summed E-state index contributed by atoms with van der Waals surface area (Å²) in [7, 11) is -0.752. The molecule has 0 bridgehead atoms. The number of aromatic nitrogens is 1. The monoisotopic (exact) mass is 432 g/mol. The standard InChI is InChI=1S/C20H24N4O5S/c1-28-18-7-6-17(13-19(18)29-2)30(26,27)24-11-8-15(9-12-24)20(25)23-22-14-16-5-3-4-10-21-16/h3-7,10,13-15H,8-9,11-12H2,1-2H3,(H,23,25)/b22-14-. The first-order chi connectivity index (χ1) is 14.5. The number of nitrogens with one attached hydrogen (secondary N) is 1. The molecule has 0 aliphatic carbocycles. The summed E-state index contributed by atoms with van der Waals surface area (Å²) in [5.41, 5.74) is 3.14. The fourth-order valence-corrected chi connectivity index (χ4v) is 4.68. The van der Waals surface area contributed by atoms with E-state index in [1.807, 2.05) is 6.07 Å². The lowest BCUT2D eigenvalue weighted by atomic mass is 9.98. The highest BCUT2D eigenvalue weighted by atomic mass is 32.2. The summed E-state index contributed by atoms with van der Waals surface area (Å²) >= 11 is 0. The first-order valence-corrected chi connectivity index (χ1v) is 10.9. The van der Waals surface area contributed by atoms with E-state index in [0.29, 0.717) is 30.0 Å². The molecule has 1 amide bonds. The van der Waals surface area contributed by atoms with E-state index in [1.54, 1.807) is 24.4 Å². The van der Waals surface area contributed by atoms with E-state index in [4.69, 9.17) is 9.47 Å². The number of hydrazone groups is 1. The third kappa shape index (κ3) is 4.95. The topological polar surface area (TPSA) is 110 Å². The van der Waals surface area contributed by atoms with Gasteiger partial charge in [-0.15, -0.1) is 0 Å². The van der Waals surface area contributed by atoms with Crippen LogP contribution in [0, 0.1) is 5.92 Å². The predicted octanol–water partition coefficient (Wildman–Crippen LogP) is 1.65. The van der Waals surface area contributed by atoms with Gasteiger partial charge in [0.25, 0.3) is 0 Å². The Hall–Kier alpha value is -2.98. The van der Waals surface area contributed by atoms with Gasteiger partial charge in [0.15, 0.2) is 11.5 Å². The van der Waals surface area contributed by atoms with E-state index >= 15 is 0 Å². The molecule has 160 valence electrons. The second kappa shape index (κ2) is 9.68. The number of ether oxygens (including phenoxy) is 2. The zero-order valence-electron chi connectivity index (χ0n) is 16.8. The molecule has 0 saturated carbocycles. The van der Waals surface area contributed by atoms with Gasteiger partial charge in [-0.3, -0.25) is 9.78 Å². The van der Waals surface area contributed by atoms with E-state index in [1.165, 1.54) is 36.9 Å². The Morgan fingerprint density at radius 2 is 1.90 bits per heavy atom. The lowest BCUT2D eigenvalue weighted by Gasteiger charge is -2.30. The first-order valence-electron chi connectivity index (χ1n) is 9.42. The summed E-state index contributed by atoms with van der Waals surface area (Å²) < 4.78 is 37.7. The number of carbonyl (C=O) groups excluding carboxylic acids is 1. The number of carbonyl (C=O) groups is 1. The minimum absolute atomic E-state index is 0.128. The van der Waals surface area contributed by atoms with E-state index in [-0.39, 0.29) is 29.8 Å². The molecule has 0 radical (unpaired) electrons. The Balaban J connectivity index is 1.59. The summed E-state index contributed by atoms with van der Waals surface area (Å²) in [6, 6.07) is 9.88. The van der Waals surface area contributed by atoms with Gasteiger partial charge < -0.3 is 9.47 Å². The van der Waals surface area contributed by atoms with E-state index in [0.717, 1.165) is 0 Å². The van der Waals surface area contributed by atoms with E-state index in [2.05, 4.69) is 15.5 Å². The molecule has 30 heavy (non-hydrogen) atoms. The number of piperidine rings is 1. The van der Waals surface area contributed by atoms with Crippen LogP contribution in [0.1, 0.15) is 18.5 Å². The number of methoxy groups -OCH3 is 2. The zero-order valence-corrected chi connectivity index (χ0v) is 17.6. The van der Waals surface area contributed by atoms with Gasteiger partial charge in [0, 0.05) is 31.3 Å². The minimum Gasteiger partial charge on any atom is -0.493 e. The number of sulfonamides is 1. The Bertz CT molecular complexity index is 1000. The Morgan fingerprint density at radius 1 is 1.17 bits per heavy atom. The summed E-state index contributed by atoms with van der Waals surface area (Å²) in [6.45, 7) is 0.497. The van der Waals surface area contributed by atoms with Crippen molar-refractivity contribution in [3.05, 3.63) is 48.3 Å². The predicted molar refractivity (Wildman–Crippen MR) is 111 cm³/mol. The average molecular weight is 433 g/mol. The Kier molecular flexibility index (Phi) is 7.01. The van der Waals surface area contributed by atoms with Crippen LogP contribution in [-0.4, -0.2) is 57.1 Å². The molecule has 0 spiro atoms. The quantitative estimate of drug-likeness (QED) is 0.526. The minimum atomic E-state index is -3.69. The molecule has 10 heteroatoms. The smallest absolute Gasteiger partial charge is 0.243 e. The maximum atomic E-state index is 13.0. The van der Waals surface area contributed by atoms with Gasteiger partial charge in [-0.1, -0.05) is 6.07 Å². The van der Waals surface area contributed by atoms with Gasteiger partial charge in [-0.05, 0) is 37.1 Å². The van der Waals surface area contributed by atoms with Crippen LogP contribution < -0.4 is 14.9 Å². The number of hydrogen-bond acceptors (Lipinski definition) is 7. The van der Waals surface area contributed by atoms with Gasteiger partial charge in [0.1, 0.15) is 0 Å². The van der Waals surface area contributed by atoms with E-state index in [9.17, 15) is 13.2 Å². The highest BCUT2D eigenvalue weighted by molar-refractivity contribution is 7.89. The van der Waals surface area contributed by atoms with Crippen LogP contribution in [0.3, 0.4) is 0 Å². The second-order valence-corrected chi connectivity index (χ2v) is 8.62. The lowest BCUT2D eigenvalue weighted by molar-refractivity contribution is -0.126. The summed E-state index contributed by atoms with van der Waals surface area (Å²) in [5, 5.41) is 3.92. The first kappa shape index (κ1) is 21.7. The third-order valence-corrected chi connectivity index (χ3v) is 6.77. The Morgan fingerprint density at radius 3 is 2.53 bits per heavy atom. The number of rotatable bonds is 7. The van der Waals surface area contributed by atoms with Crippen molar-refractivity contribution in [2.24, 2.45) is 11.0 Å². The van der Waals surface area contributed by atoms with Crippen LogP contribution in [0.2, 0.25) is 0 Å². The van der Waals surface area contributed by atoms with Crippen LogP contribution in [0.25, 0.3) is 0 Å². The van der Waals surface area contributed by atoms with Crippen molar-refractivity contribution >= 4 is 22.1 Å². The fraction of sp³-hybridized carbons (Fsp3) is 0.350. The molecule has 2 aromatic rings. The molecule has 0 atom stereocenters. The highest BCUT2D eigenvalue weighted by Crippen LogP contribution is 2.31. The van der Waals surface area contributed by atoms with Crippen LogP contribution in [0.5, 0.6) is 11.5 Å². The molecular formula is C20H24N4O5S. The normalized spacial score (nSPS) is 15.8. The van der Waals surface area contributed by atoms with Gasteiger partial charge in [-0.25, -0.2) is 13.8 Å². The second-order valence-electron chi connectivity index (χ2n) is 6.68. The summed E-state index contributed by atoms with van der Waals surface area (Å²) in [4.78, 5) is 16.5. The Labute approximate surface area is 175 Å². The van der Waals surface area contributed by atoms with Gasteiger partial charge in [0.05, 0.1) is 31.0 Å². The molecule has 1 fully saturated rings. The molecule has 2 heterocycles. The van der Waals surface area contributed by atoms with Crippen molar-refractivity contribution in [2.45, 2.75) is 17.7 Å². The number of pyridine rings is 1. The largest absolute Gasteiger partial charge is 0.493 e. The van der Waals surface area contributed by atoms with Gasteiger partial charge in [0.2, 0.25) is 15.9 Å². The SMILES string of the molecule is COc1ccc(S(=O)(=O)N2CCC(C(=O)N/N=C\c3ccccn3)CC2)cc1OC. The molecule has 3 rings (SSSR count). The molecule has 0 unspecified atom stereocenters. The maximum Gasteiger partial charge on any atom is 0.243 e. The van der Waals surface area contributed by atoms with Crippen LogP contribution in [0.4, 0.5) is 0 Å². The van der Waals surface area contributed by atoms with Crippen molar-refractivity contribution in [3.63, 3.8) is 0 Å². The molecule has 1 aromatic heterocycles. The van der Waals surface area contributed by atoms with Crippen molar-refractivity contribution in [1.29, 1.82) is 0 Å². The van der Waals surface area contributed by atoms with Crippen LogP contribution in [-0.2, 0) is 14.8 Å². The molecule has 1 aliphatic heterocycles. The molecule has 9 nitrogen and oxygen atoms in total. The lowest BCUT2D eigenvalue weighted by Crippen LogP contribution is -2.42. The fourth-order valence-electron chi connectivity index (χ4n) is 3.19. The molecule has 1 N–H and O–H groups in total. The summed E-state index contributed by atoms with van der Waals surface area (Å²) in [6.07, 6.45) is 3.93. The molecule has 1 saturated heterocycles. The highest BCUT2D eigenvalue weighted by Gasteiger charge is 2.32. The maximum absolute atomic E-state index is 13.0. The molecule has 1 aromatic carbocycles. The van der Waals surface area contributed by atoms with Crippen molar-refractivity contribution in [3.8, 4) is 11.5 Å². The van der Waals surface area contributed by atoms with Crippen LogP contribution in [0.15, 0.2) is 52.6 Å². The van der Waals surface area contributed by atoms with Crippen molar-refractivity contribution in [2.75, 3.05) is 27.3 Å².